The molecule has 0 radical (unpaired) electrons. The molecule has 16 heavy (non-hydrogen) atoms. The average molecular weight is 231 g/mol. The lowest BCUT2D eigenvalue weighted by Gasteiger charge is -2.10. The van der Waals surface area contributed by atoms with Crippen molar-refractivity contribution >= 4 is 17.0 Å². The zero-order valence-electron chi connectivity index (χ0n) is 8.50. The molecule has 0 aromatic carbocycles. The second-order valence-electron chi connectivity index (χ2n) is 3.37. The minimum atomic E-state index is -4.51. The van der Waals surface area contributed by atoms with E-state index in [1.807, 2.05) is 0 Å². The molecular weight excluding hydrogens is 223 g/mol. The van der Waals surface area contributed by atoms with Crippen molar-refractivity contribution in [2.45, 2.75) is 6.18 Å². The highest BCUT2D eigenvalue weighted by Crippen LogP contribution is 2.29. The maximum Gasteiger partial charge on any atom is 0.449 e. The van der Waals surface area contributed by atoms with Gasteiger partial charge in [-0.25, -0.2) is 15.0 Å². The largest absolute Gasteiger partial charge is 0.449 e. The maximum absolute atomic E-state index is 12.4. The average Bonchev–Trinajstić information content (AvgIpc) is 2.59. The van der Waals surface area contributed by atoms with Crippen LogP contribution in [0.2, 0.25) is 0 Å². The van der Waals surface area contributed by atoms with E-state index in [0.717, 1.165) is 0 Å². The number of aromatic amines is 1. The molecule has 5 nitrogen and oxygen atoms in total. The predicted molar refractivity (Wildman–Crippen MR) is 51.0 cm³/mol. The fraction of sp³-hybridized carbons (Fsp3) is 0.375. The SMILES string of the molecule is CN(C)c1ncnc2nc(C(F)(F)F)[nH]c12. The van der Waals surface area contributed by atoms with Gasteiger partial charge in [0.1, 0.15) is 11.8 Å². The van der Waals surface area contributed by atoms with Crippen LogP contribution in [0.25, 0.3) is 11.2 Å². The fourth-order valence-electron chi connectivity index (χ4n) is 1.29. The van der Waals surface area contributed by atoms with Crippen LogP contribution in [0.5, 0.6) is 0 Å². The molecule has 2 heterocycles. The van der Waals surface area contributed by atoms with Gasteiger partial charge in [0, 0.05) is 14.1 Å². The predicted octanol–water partition coefficient (Wildman–Crippen LogP) is 1.44. The molecule has 0 aliphatic rings. The third-order valence-electron chi connectivity index (χ3n) is 1.96. The standard InChI is InChI=1S/C8H8F3N5/c1-16(2)6-4-5(12-3-13-6)15-7(14-4)8(9,10)11/h3H,1-2H3,(H,12,13,14,15). The molecule has 0 spiro atoms. The second kappa shape index (κ2) is 3.32. The number of halogens is 3. The van der Waals surface area contributed by atoms with E-state index in [0.29, 0.717) is 5.82 Å². The Labute approximate surface area is 88.3 Å². The number of fused-ring (bicyclic) bond motifs is 1. The van der Waals surface area contributed by atoms with Crippen molar-refractivity contribution in [1.82, 2.24) is 19.9 Å². The van der Waals surface area contributed by atoms with Crippen molar-refractivity contribution in [2.24, 2.45) is 0 Å². The molecule has 0 aliphatic carbocycles. The first kappa shape index (κ1) is 10.7. The van der Waals surface area contributed by atoms with Crippen molar-refractivity contribution in [3.8, 4) is 0 Å². The summed E-state index contributed by atoms with van der Waals surface area (Å²) in [5, 5.41) is 0. The topological polar surface area (TPSA) is 57.7 Å². The Balaban J connectivity index is 2.66. The second-order valence-corrected chi connectivity index (χ2v) is 3.37. The third kappa shape index (κ3) is 1.66. The molecule has 0 saturated heterocycles. The Hall–Kier alpha value is -1.86. The molecule has 0 fully saturated rings. The number of anilines is 1. The van der Waals surface area contributed by atoms with Crippen LogP contribution in [-0.4, -0.2) is 34.0 Å². The van der Waals surface area contributed by atoms with Crippen LogP contribution in [0.4, 0.5) is 19.0 Å². The summed E-state index contributed by atoms with van der Waals surface area (Å²) in [4.78, 5) is 14.7. The monoisotopic (exact) mass is 231 g/mol. The van der Waals surface area contributed by atoms with E-state index in [-0.39, 0.29) is 11.2 Å². The van der Waals surface area contributed by atoms with Gasteiger partial charge in [0.25, 0.3) is 0 Å². The lowest BCUT2D eigenvalue weighted by molar-refractivity contribution is -0.144. The van der Waals surface area contributed by atoms with Gasteiger partial charge in [-0.1, -0.05) is 0 Å². The molecule has 8 heteroatoms. The highest BCUT2D eigenvalue weighted by Gasteiger charge is 2.35. The zero-order chi connectivity index (χ0) is 11.9. The molecule has 0 saturated carbocycles. The summed E-state index contributed by atoms with van der Waals surface area (Å²) in [6, 6.07) is 0. The Morgan fingerprint density at radius 2 is 1.94 bits per heavy atom. The number of nitrogens with one attached hydrogen (secondary N) is 1. The van der Waals surface area contributed by atoms with E-state index < -0.39 is 12.0 Å². The summed E-state index contributed by atoms with van der Waals surface area (Å²) in [6.45, 7) is 0. The van der Waals surface area contributed by atoms with Crippen molar-refractivity contribution in [3.63, 3.8) is 0 Å². The molecule has 1 N–H and O–H groups in total. The van der Waals surface area contributed by atoms with E-state index in [9.17, 15) is 13.2 Å². The van der Waals surface area contributed by atoms with E-state index in [1.54, 1.807) is 19.0 Å². The van der Waals surface area contributed by atoms with Crippen molar-refractivity contribution in [2.75, 3.05) is 19.0 Å². The molecule has 2 aromatic rings. The highest BCUT2D eigenvalue weighted by molar-refractivity contribution is 5.82. The molecule has 86 valence electrons. The van der Waals surface area contributed by atoms with Crippen LogP contribution in [0, 0.1) is 0 Å². The van der Waals surface area contributed by atoms with E-state index in [2.05, 4.69) is 19.9 Å². The quantitative estimate of drug-likeness (QED) is 0.806. The van der Waals surface area contributed by atoms with Gasteiger partial charge >= 0.3 is 6.18 Å². The fourth-order valence-corrected chi connectivity index (χ4v) is 1.29. The number of aromatic nitrogens is 4. The van der Waals surface area contributed by atoms with Crippen LogP contribution in [0.15, 0.2) is 6.33 Å². The van der Waals surface area contributed by atoms with Gasteiger partial charge in [0.15, 0.2) is 11.5 Å². The molecule has 2 aromatic heterocycles. The first-order chi connectivity index (χ1) is 7.39. The van der Waals surface area contributed by atoms with Crippen molar-refractivity contribution < 1.29 is 13.2 Å². The van der Waals surface area contributed by atoms with Gasteiger partial charge in [0.2, 0.25) is 5.82 Å². The number of rotatable bonds is 1. The highest BCUT2D eigenvalue weighted by atomic mass is 19.4. The van der Waals surface area contributed by atoms with E-state index in [1.165, 1.54) is 6.33 Å². The number of H-pyrrole nitrogens is 1. The van der Waals surface area contributed by atoms with Gasteiger partial charge in [-0.05, 0) is 0 Å². The summed E-state index contributed by atoms with van der Waals surface area (Å²) in [6.07, 6.45) is -3.33. The molecule has 0 atom stereocenters. The normalized spacial score (nSPS) is 12.1. The Morgan fingerprint density at radius 1 is 1.25 bits per heavy atom. The number of alkyl halides is 3. The first-order valence-electron chi connectivity index (χ1n) is 4.35. The maximum atomic E-state index is 12.4. The molecule has 0 amide bonds. The molecule has 0 unspecified atom stereocenters. The number of nitrogens with zero attached hydrogens (tertiary/aromatic N) is 4. The summed E-state index contributed by atoms with van der Waals surface area (Å²) < 4.78 is 37.2. The number of imidazole rings is 1. The Kier molecular flexibility index (Phi) is 2.21. The third-order valence-corrected chi connectivity index (χ3v) is 1.96. The Bertz CT molecular complexity index is 516. The van der Waals surface area contributed by atoms with Crippen molar-refractivity contribution in [1.29, 1.82) is 0 Å². The lowest BCUT2D eigenvalue weighted by Crippen LogP contribution is -2.11. The van der Waals surface area contributed by atoms with Crippen molar-refractivity contribution in [3.05, 3.63) is 12.2 Å². The lowest BCUT2D eigenvalue weighted by atomic mass is 10.5. The van der Waals surface area contributed by atoms with E-state index >= 15 is 0 Å². The number of hydrogen-bond donors (Lipinski definition) is 1. The van der Waals surface area contributed by atoms with E-state index in [4.69, 9.17) is 0 Å². The summed E-state index contributed by atoms with van der Waals surface area (Å²) in [5.74, 6) is -0.695. The molecule has 2 rings (SSSR count). The summed E-state index contributed by atoms with van der Waals surface area (Å²) in [5.41, 5.74) is 0.186. The summed E-state index contributed by atoms with van der Waals surface area (Å²) in [7, 11) is 3.35. The van der Waals surface area contributed by atoms with Gasteiger partial charge in [-0.2, -0.15) is 13.2 Å². The first-order valence-corrected chi connectivity index (χ1v) is 4.35. The van der Waals surface area contributed by atoms with Gasteiger partial charge in [-0.3, -0.25) is 0 Å². The summed E-state index contributed by atoms with van der Waals surface area (Å²) >= 11 is 0. The zero-order valence-corrected chi connectivity index (χ0v) is 8.50. The van der Waals surface area contributed by atoms with Crippen LogP contribution >= 0.6 is 0 Å². The minimum Gasteiger partial charge on any atom is -0.361 e. The van der Waals surface area contributed by atoms with Crippen LogP contribution in [0.1, 0.15) is 5.82 Å². The van der Waals surface area contributed by atoms with Gasteiger partial charge < -0.3 is 9.88 Å². The molecule has 0 aliphatic heterocycles. The smallest absolute Gasteiger partial charge is 0.361 e. The van der Waals surface area contributed by atoms with Gasteiger partial charge in [-0.15, -0.1) is 0 Å². The van der Waals surface area contributed by atoms with Crippen LogP contribution in [0.3, 0.4) is 0 Å². The van der Waals surface area contributed by atoms with Gasteiger partial charge in [0.05, 0.1) is 0 Å². The van der Waals surface area contributed by atoms with Crippen LogP contribution < -0.4 is 4.90 Å². The number of hydrogen-bond acceptors (Lipinski definition) is 4. The molecule has 0 bridgehead atoms. The Morgan fingerprint density at radius 3 is 2.50 bits per heavy atom. The molecular formula is C8H8F3N5. The van der Waals surface area contributed by atoms with Crippen LogP contribution in [-0.2, 0) is 6.18 Å². The minimum absolute atomic E-state index is 0.00558.